The van der Waals surface area contributed by atoms with E-state index in [1.54, 1.807) is 18.3 Å². The van der Waals surface area contributed by atoms with Crippen LogP contribution in [0, 0.1) is 12.3 Å². The van der Waals surface area contributed by atoms with Crippen molar-refractivity contribution >= 4 is 11.8 Å². The van der Waals surface area contributed by atoms with Crippen molar-refractivity contribution in [2.45, 2.75) is 5.16 Å². The molecule has 0 aromatic carbocycles. The highest BCUT2D eigenvalue weighted by atomic mass is 32.2. The summed E-state index contributed by atoms with van der Waals surface area (Å²) in [6, 6.07) is 1.68. The standard InChI is InChI=1S/C10H10N2OS/c1-3-7-13-9-5-6-11-10(12-9)14-8-4-2/h1,4-6H,2,7-8H2. The zero-order valence-corrected chi connectivity index (χ0v) is 8.46. The van der Waals surface area contributed by atoms with Crippen molar-refractivity contribution in [1.29, 1.82) is 0 Å². The summed E-state index contributed by atoms with van der Waals surface area (Å²) in [5, 5.41) is 0.666. The molecule has 0 aliphatic rings. The second-order valence-electron chi connectivity index (χ2n) is 2.27. The monoisotopic (exact) mass is 206 g/mol. The van der Waals surface area contributed by atoms with E-state index in [0.29, 0.717) is 11.0 Å². The van der Waals surface area contributed by atoms with Crippen LogP contribution in [0.1, 0.15) is 0 Å². The van der Waals surface area contributed by atoms with Crippen LogP contribution in [0.5, 0.6) is 5.88 Å². The van der Waals surface area contributed by atoms with Gasteiger partial charge < -0.3 is 4.74 Å². The fourth-order valence-electron chi connectivity index (χ4n) is 0.724. The van der Waals surface area contributed by atoms with Crippen LogP contribution < -0.4 is 4.74 Å². The van der Waals surface area contributed by atoms with E-state index in [9.17, 15) is 0 Å². The van der Waals surface area contributed by atoms with E-state index in [1.807, 2.05) is 0 Å². The Hall–Kier alpha value is -1.47. The summed E-state index contributed by atoms with van der Waals surface area (Å²) < 4.78 is 5.15. The zero-order chi connectivity index (χ0) is 10.2. The van der Waals surface area contributed by atoms with E-state index in [-0.39, 0.29) is 6.61 Å². The average molecular weight is 206 g/mol. The summed E-state index contributed by atoms with van der Waals surface area (Å²) in [5.74, 6) is 3.65. The van der Waals surface area contributed by atoms with Gasteiger partial charge in [-0.1, -0.05) is 23.8 Å². The summed E-state index contributed by atoms with van der Waals surface area (Å²) in [5.41, 5.74) is 0. The van der Waals surface area contributed by atoms with E-state index in [4.69, 9.17) is 11.2 Å². The smallest absolute Gasteiger partial charge is 0.218 e. The van der Waals surface area contributed by atoms with Gasteiger partial charge in [0, 0.05) is 18.0 Å². The van der Waals surface area contributed by atoms with Gasteiger partial charge in [0.1, 0.15) is 0 Å². The first-order valence-corrected chi connectivity index (χ1v) is 4.98. The Morgan fingerprint density at radius 3 is 3.29 bits per heavy atom. The molecule has 0 fully saturated rings. The molecule has 0 N–H and O–H groups in total. The number of thioether (sulfide) groups is 1. The summed E-state index contributed by atoms with van der Waals surface area (Å²) >= 11 is 1.50. The highest BCUT2D eigenvalue weighted by molar-refractivity contribution is 7.99. The number of ether oxygens (including phenoxy) is 1. The molecule has 0 spiro atoms. The minimum atomic E-state index is 0.225. The first-order chi connectivity index (χ1) is 6.86. The fraction of sp³-hybridized carbons (Fsp3) is 0.200. The van der Waals surface area contributed by atoms with Crippen molar-refractivity contribution in [3.05, 3.63) is 24.9 Å². The Morgan fingerprint density at radius 2 is 2.57 bits per heavy atom. The van der Waals surface area contributed by atoms with Crippen molar-refractivity contribution in [1.82, 2.24) is 9.97 Å². The normalized spacial score (nSPS) is 9.07. The van der Waals surface area contributed by atoms with Gasteiger partial charge in [-0.05, 0) is 0 Å². The fourth-order valence-corrected chi connectivity index (χ4v) is 1.28. The lowest BCUT2D eigenvalue weighted by molar-refractivity contribution is 0.351. The molecule has 4 heteroatoms. The molecule has 0 saturated heterocycles. The molecule has 0 unspecified atom stereocenters. The average Bonchev–Trinajstić information content (AvgIpc) is 2.24. The molecule has 1 rings (SSSR count). The maximum atomic E-state index is 5.15. The van der Waals surface area contributed by atoms with Crippen LogP contribution in [0.2, 0.25) is 0 Å². The minimum Gasteiger partial charge on any atom is -0.464 e. The summed E-state index contributed by atoms with van der Waals surface area (Å²) in [6.07, 6.45) is 8.50. The lowest BCUT2D eigenvalue weighted by atomic mass is 10.6. The van der Waals surface area contributed by atoms with Gasteiger partial charge >= 0.3 is 0 Å². The highest BCUT2D eigenvalue weighted by Crippen LogP contribution is 2.15. The molecule has 14 heavy (non-hydrogen) atoms. The number of terminal acetylenes is 1. The minimum absolute atomic E-state index is 0.225. The van der Waals surface area contributed by atoms with Crippen LogP contribution >= 0.6 is 11.8 Å². The van der Waals surface area contributed by atoms with Gasteiger partial charge in [0.05, 0.1) is 0 Å². The molecular formula is C10H10N2OS. The van der Waals surface area contributed by atoms with Crippen molar-refractivity contribution in [2.24, 2.45) is 0 Å². The molecule has 1 heterocycles. The van der Waals surface area contributed by atoms with Gasteiger partial charge in [-0.3, -0.25) is 0 Å². The first-order valence-electron chi connectivity index (χ1n) is 4.00. The Labute approximate surface area is 87.6 Å². The zero-order valence-electron chi connectivity index (χ0n) is 7.64. The van der Waals surface area contributed by atoms with Crippen LogP contribution in [0.25, 0.3) is 0 Å². The maximum Gasteiger partial charge on any atom is 0.218 e. The van der Waals surface area contributed by atoms with Crippen molar-refractivity contribution in [2.75, 3.05) is 12.4 Å². The van der Waals surface area contributed by atoms with Crippen LogP contribution in [-0.4, -0.2) is 22.3 Å². The van der Waals surface area contributed by atoms with Crippen molar-refractivity contribution in [3.63, 3.8) is 0 Å². The van der Waals surface area contributed by atoms with Gasteiger partial charge in [-0.15, -0.1) is 13.0 Å². The number of hydrogen-bond donors (Lipinski definition) is 0. The molecule has 0 aliphatic carbocycles. The lowest BCUT2D eigenvalue weighted by Crippen LogP contribution is -1.97. The first kappa shape index (κ1) is 10.6. The van der Waals surface area contributed by atoms with E-state index in [1.165, 1.54) is 11.8 Å². The Balaban J connectivity index is 2.59. The number of rotatable bonds is 5. The molecule has 1 aromatic rings. The number of aromatic nitrogens is 2. The quantitative estimate of drug-likeness (QED) is 0.318. The van der Waals surface area contributed by atoms with Crippen LogP contribution in [-0.2, 0) is 0 Å². The third kappa shape index (κ3) is 3.50. The summed E-state index contributed by atoms with van der Waals surface area (Å²) in [6.45, 7) is 3.84. The van der Waals surface area contributed by atoms with E-state index in [2.05, 4.69) is 22.5 Å². The second kappa shape index (κ2) is 6.06. The molecule has 0 bridgehead atoms. The van der Waals surface area contributed by atoms with Crippen LogP contribution in [0.4, 0.5) is 0 Å². The Morgan fingerprint density at radius 1 is 1.71 bits per heavy atom. The third-order valence-electron chi connectivity index (χ3n) is 1.24. The Kier molecular flexibility index (Phi) is 4.59. The largest absolute Gasteiger partial charge is 0.464 e. The van der Waals surface area contributed by atoms with Crippen LogP contribution in [0.15, 0.2) is 30.1 Å². The molecule has 72 valence electrons. The van der Waals surface area contributed by atoms with Gasteiger partial charge in [0.2, 0.25) is 5.88 Å². The SMILES string of the molecule is C#CCOc1ccnc(SCC=C)n1. The maximum absolute atomic E-state index is 5.15. The molecule has 0 saturated carbocycles. The molecule has 0 amide bonds. The topological polar surface area (TPSA) is 35.0 Å². The lowest BCUT2D eigenvalue weighted by Gasteiger charge is -2.01. The van der Waals surface area contributed by atoms with E-state index >= 15 is 0 Å². The van der Waals surface area contributed by atoms with Gasteiger partial charge in [0.25, 0.3) is 0 Å². The predicted molar refractivity (Wildman–Crippen MR) is 57.3 cm³/mol. The van der Waals surface area contributed by atoms with E-state index < -0.39 is 0 Å². The molecule has 3 nitrogen and oxygen atoms in total. The van der Waals surface area contributed by atoms with Gasteiger partial charge in [-0.25, -0.2) is 4.98 Å². The molecule has 1 aromatic heterocycles. The number of hydrogen-bond acceptors (Lipinski definition) is 4. The molecule has 0 radical (unpaired) electrons. The molecule has 0 atom stereocenters. The van der Waals surface area contributed by atoms with Gasteiger partial charge in [-0.2, -0.15) is 4.98 Å². The van der Waals surface area contributed by atoms with Crippen molar-refractivity contribution in [3.8, 4) is 18.2 Å². The highest BCUT2D eigenvalue weighted by Gasteiger charge is 1.98. The third-order valence-corrected chi connectivity index (χ3v) is 2.10. The van der Waals surface area contributed by atoms with E-state index in [0.717, 1.165) is 5.75 Å². The van der Waals surface area contributed by atoms with Gasteiger partial charge in [0.15, 0.2) is 11.8 Å². The predicted octanol–water partition coefficient (Wildman–Crippen LogP) is 1.77. The summed E-state index contributed by atoms with van der Waals surface area (Å²) in [7, 11) is 0. The molecule has 0 aliphatic heterocycles. The summed E-state index contributed by atoms with van der Waals surface area (Å²) in [4.78, 5) is 8.19. The Bertz CT molecular complexity index is 346. The number of nitrogens with zero attached hydrogens (tertiary/aromatic N) is 2. The van der Waals surface area contributed by atoms with Crippen molar-refractivity contribution < 1.29 is 4.74 Å². The molecular weight excluding hydrogens is 196 g/mol. The van der Waals surface area contributed by atoms with Crippen LogP contribution in [0.3, 0.4) is 0 Å². The second-order valence-corrected chi connectivity index (χ2v) is 3.26.